The molecule has 5 nitrogen and oxygen atoms in total. The van der Waals surface area contributed by atoms with Crippen molar-refractivity contribution >= 4 is 11.4 Å². The third-order valence-electron chi connectivity index (χ3n) is 5.04. The van der Waals surface area contributed by atoms with E-state index in [1.54, 1.807) is 7.11 Å². The van der Waals surface area contributed by atoms with Crippen LogP contribution in [-0.4, -0.2) is 20.7 Å². The molecule has 0 bridgehead atoms. The van der Waals surface area contributed by atoms with Crippen molar-refractivity contribution in [1.29, 1.82) is 0 Å². The van der Waals surface area contributed by atoms with E-state index in [1.165, 1.54) is 12.1 Å². The van der Waals surface area contributed by atoms with E-state index < -0.39 is 5.60 Å². The topological polar surface area (TPSA) is 85.3 Å². The summed E-state index contributed by atoms with van der Waals surface area (Å²) >= 11 is 0. The lowest BCUT2D eigenvalue weighted by Gasteiger charge is -2.48. The van der Waals surface area contributed by atoms with Gasteiger partial charge in [-0.25, -0.2) is 4.39 Å². The second kappa shape index (κ2) is 6.81. The Bertz CT molecular complexity index is 523. The third-order valence-corrected chi connectivity index (χ3v) is 5.04. The number of methoxy groups -OCH3 is 1. The van der Waals surface area contributed by atoms with Crippen LogP contribution in [0.2, 0.25) is 0 Å². The molecule has 0 spiro atoms. The first kappa shape index (κ1) is 17.0. The summed E-state index contributed by atoms with van der Waals surface area (Å²) < 4.78 is 20.1. The van der Waals surface area contributed by atoms with Gasteiger partial charge in [-0.05, 0) is 31.9 Å². The molecule has 1 saturated carbocycles. The fourth-order valence-electron chi connectivity index (χ4n) is 4.03. The van der Waals surface area contributed by atoms with Crippen molar-refractivity contribution in [2.75, 3.05) is 31.9 Å². The molecule has 0 aromatic heterocycles. The summed E-state index contributed by atoms with van der Waals surface area (Å²) in [7, 11) is 3.60. The molecular weight excluding hydrogens is 283 g/mol. The molecule has 1 fully saturated rings. The number of nitrogens with two attached hydrogens (primary N) is 2. The zero-order chi connectivity index (χ0) is 16.3. The van der Waals surface area contributed by atoms with Gasteiger partial charge in [0.2, 0.25) is 0 Å². The van der Waals surface area contributed by atoms with Crippen molar-refractivity contribution in [3.8, 4) is 0 Å². The molecule has 0 aliphatic heterocycles. The van der Waals surface area contributed by atoms with E-state index in [0.717, 1.165) is 25.8 Å². The molecule has 6 heteroatoms. The Kier molecular flexibility index (Phi) is 5.26. The van der Waals surface area contributed by atoms with E-state index in [2.05, 4.69) is 17.7 Å². The van der Waals surface area contributed by atoms with Crippen molar-refractivity contribution in [2.45, 2.75) is 31.8 Å². The summed E-state index contributed by atoms with van der Waals surface area (Å²) in [4.78, 5) is 0. The van der Waals surface area contributed by atoms with E-state index in [0.29, 0.717) is 16.9 Å². The van der Waals surface area contributed by atoms with Crippen LogP contribution >= 0.6 is 0 Å². The molecule has 6 N–H and O–H groups in total. The largest absolute Gasteiger partial charge is 0.397 e. The van der Waals surface area contributed by atoms with Gasteiger partial charge in [-0.15, -0.1) is 0 Å². The normalized spacial score (nSPS) is 28.6. The number of anilines is 2. The van der Waals surface area contributed by atoms with Crippen molar-refractivity contribution in [2.24, 2.45) is 17.7 Å². The van der Waals surface area contributed by atoms with Crippen LogP contribution in [-0.2, 0) is 10.3 Å². The standard InChI is InChI=1S/C16H27FN4O/c1-10-5-4-6-11(9-20-2)16(10,22-3)13-7-12(17)8-14(21-19)15(13)18/h7-8,10-11,20-21H,4-6,9,18-19H2,1-3H3. The first-order valence-electron chi connectivity index (χ1n) is 7.77. The number of benzene rings is 1. The lowest BCUT2D eigenvalue weighted by molar-refractivity contribution is -0.124. The van der Waals surface area contributed by atoms with Crippen molar-refractivity contribution < 1.29 is 9.13 Å². The summed E-state index contributed by atoms with van der Waals surface area (Å²) in [6.07, 6.45) is 3.17. The quantitative estimate of drug-likeness (QED) is 0.380. The number of ether oxygens (including phenoxy) is 1. The number of hydrazine groups is 1. The first-order valence-corrected chi connectivity index (χ1v) is 7.77. The highest BCUT2D eigenvalue weighted by molar-refractivity contribution is 5.71. The second-order valence-electron chi connectivity index (χ2n) is 6.14. The summed E-state index contributed by atoms with van der Waals surface area (Å²) in [5, 5.41) is 3.22. The fourth-order valence-corrected chi connectivity index (χ4v) is 4.03. The second-order valence-corrected chi connectivity index (χ2v) is 6.14. The number of nitrogens with one attached hydrogen (secondary N) is 2. The Balaban J connectivity index is 2.63. The predicted octanol–water partition coefficient (Wildman–Crippen LogP) is 2.19. The van der Waals surface area contributed by atoms with Crippen LogP contribution in [0.5, 0.6) is 0 Å². The monoisotopic (exact) mass is 310 g/mol. The van der Waals surface area contributed by atoms with Gasteiger partial charge in [-0.3, -0.25) is 5.84 Å². The highest BCUT2D eigenvalue weighted by Crippen LogP contribution is 2.50. The van der Waals surface area contributed by atoms with E-state index in [9.17, 15) is 4.39 Å². The average molecular weight is 310 g/mol. The van der Waals surface area contributed by atoms with Gasteiger partial charge in [0.25, 0.3) is 0 Å². The maximum Gasteiger partial charge on any atom is 0.125 e. The molecule has 0 radical (unpaired) electrons. The maximum atomic E-state index is 14.1. The Morgan fingerprint density at radius 1 is 1.41 bits per heavy atom. The minimum absolute atomic E-state index is 0.223. The molecule has 0 saturated heterocycles. The highest BCUT2D eigenvalue weighted by Gasteiger charge is 2.48. The van der Waals surface area contributed by atoms with Crippen LogP contribution in [0, 0.1) is 17.7 Å². The first-order chi connectivity index (χ1) is 10.5. The molecule has 1 aliphatic carbocycles. The average Bonchev–Trinajstić information content (AvgIpc) is 2.51. The van der Waals surface area contributed by atoms with Gasteiger partial charge >= 0.3 is 0 Å². The zero-order valence-electron chi connectivity index (χ0n) is 13.6. The van der Waals surface area contributed by atoms with E-state index in [4.69, 9.17) is 16.3 Å². The molecule has 1 aromatic carbocycles. The van der Waals surface area contributed by atoms with E-state index in [-0.39, 0.29) is 17.7 Å². The molecule has 0 amide bonds. The zero-order valence-corrected chi connectivity index (χ0v) is 13.6. The number of hydrogen-bond acceptors (Lipinski definition) is 5. The van der Waals surface area contributed by atoms with Crippen LogP contribution in [0.15, 0.2) is 12.1 Å². The molecule has 1 aromatic rings. The van der Waals surface area contributed by atoms with Gasteiger partial charge in [-0.2, -0.15) is 0 Å². The van der Waals surface area contributed by atoms with E-state index >= 15 is 0 Å². The van der Waals surface area contributed by atoms with Crippen LogP contribution in [0.25, 0.3) is 0 Å². The van der Waals surface area contributed by atoms with Gasteiger partial charge < -0.3 is 21.2 Å². The highest BCUT2D eigenvalue weighted by atomic mass is 19.1. The van der Waals surface area contributed by atoms with Crippen LogP contribution in [0.3, 0.4) is 0 Å². The predicted molar refractivity (Wildman–Crippen MR) is 87.7 cm³/mol. The van der Waals surface area contributed by atoms with Gasteiger partial charge in [0.15, 0.2) is 0 Å². The fraction of sp³-hybridized carbons (Fsp3) is 0.625. The molecular formula is C16H27FN4O. The lowest BCUT2D eigenvalue weighted by atomic mass is 9.65. The molecule has 0 heterocycles. The molecule has 2 rings (SSSR count). The van der Waals surface area contributed by atoms with Crippen molar-refractivity contribution in [3.05, 3.63) is 23.5 Å². The maximum absolute atomic E-state index is 14.1. The molecule has 3 unspecified atom stereocenters. The number of nitrogen functional groups attached to an aromatic ring is 2. The summed E-state index contributed by atoms with van der Waals surface area (Å²) in [6, 6.07) is 2.80. The molecule has 124 valence electrons. The van der Waals surface area contributed by atoms with E-state index in [1.807, 2.05) is 7.05 Å². The summed E-state index contributed by atoms with van der Waals surface area (Å²) in [5.74, 6) is 5.57. The van der Waals surface area contributed by atoms with Gasteiger partial charge in [0.1, 0.15) is 11.4 Å². The lowest BCUT2D eigenvalue weighted by Crippen LogP contribution is -2.49. The number of hydrogen-bond donors (Lipinski definition) is 4. The minimum Gasteiger partial charge on any atom is -0.397 e. The van der Waals surface area contributed by atoms with Crippen LogP contribution < -0.4 is 22.3 Å². The number of rotatable bonds is 5. The number of halogens is 1. The van der Waals surface area contributed by atoms with Gasteiger partial charge in [-0.1, -0.05) is 13.3 Å². The smallest absolute Gasteiger partial charge is 0.125 e. The van der Waals surface area contributed by atoms with Crippen molar-refractivity contribution in [1.82, 2.24) is 5.32 Å². The van der Waals surface area contributed by atoms with Gasteiger partial charge in [0, 0.05) is 31.2 Å². The molecule has 22 heavy (non-hydrogen) atoms. The Labute approximate surface area is 131 Å². The van der Waals surface area contributed by atoms with Crippen molar-refractivity contribution in [3.63, 3.8) is 0 Å². The Hall–Kier alpha value is -1.37. The Morgan fingerprint density at radius 2 is 2.14 bits per heavy atom. The molecule has 1 aliphatic rings. The SMILES string of the molecule is CNCC1CCCC(C)C1(OC)c1cc(F)cc(NN)c1N. The Morgan fingerprint density at radius 3 is 2.73 bits per heavy atom. The summed E-state index contributed by atoms with van der Waals surface area (Å²) in [6.45, 7) is 2.94. The summed E-state index contributed by atoms with van der Waals surface area (Å²) in [5.41, 5.74) is 9.68. The van der Waals surface area contributed by atoms with Crippen LogP contribution in [0.4, 0.5) is 15.8 Å². The minimum atomic E-state index is -0.612. The molecule has 3 atom stereocenters. The van der Waals surface area contributed by atoms with Gasteiger partial charge in [0.05, 0.1) is 11.4 Å². The van der Waals surface area contributed by atoms with Crippen LogP contribution in [0.1, 0.15) is 31.7 Å². The third kappa shape index (κ3) is 2.66.